The van der Waals surface area contributed by atoms with Gasteiger partial charge in [0.05, 0.1) is 6.10 Å². The van der Waals surface area contributed by atoms with Crippen LogP contribution in [-0.2, 0) is 4.74 Å². The molecule has 0 N–H and O–H groups in total. The lowest BCUT2D eigenvalue weighted by molar-refractivity contribution is 0.0822. The minimum atomic E-state index is -0.707. The van der Waals surface area contributed by atoms with E-state index in [2.05, 4.69) is 29.5 Å². The molecule has 1 saturated heterocycles. The van der Waals surface area contributed by atoms with Gasteiger partial charge in [0.2, 0.25) is 0 Å². The first-order valence-electron chi connectivity index (χ1n) is 3.67. The Morgan fingerprint density at radius 1 is 1.55 bits per heavy atom. The number of halogens is 3. The van der Waals surface area contributed by atoms with E-state index in [1.807, 2.05) is 6.92 Å². The van der Waals surface area contributed by atoms with Crippen LogP contribution in [0, 0.1) is 5.92 Å². The molecule has 3 atom stereocenters. The van der Waals surface area contributed by atoms with E-state index < -0.39 is 4.33 Å². The predicted molar refractivity (Wildman–Crippen MR) is 56.6 cm³/mol. The summed E-state index contributed by atoms with van der Waals surface area (Å²) in [6, 6.07) is 0. The molecule has 0 aromatic rings. The third kappa shape index (κ3) is 1.79. The highest BCUT2D eigenvalue weighted by Gasteiger charge is 2.50. The molecule has 1 unspecified atom stereocenters. The van der Waals surface area contributed by atoms with Gasteiger partial charge >= 0.3 is 0 Å². The molecular weight excluding hydrogens is 298 g/mol. The lowest BCUT2D eigenvalue weighted by Gasteiger charge is -2.20. The maximum Gasteiger partial charge on any atom is 0.158 e. The average Bonchev–Trinajstić information content (AvgIpc) is 2.14. The fourth-order valence-corrected chi connectivity index (χ4v) is 2.59. The fraction of sp³-hybridized carbons (Fsp3) is 1.00. The summed E-state index contributed by atoms with van der Waals surface area (Å²) >= 11 is 14.3. The van der Waals surface area contributed by atoms with Crippen molar-refractivity contribution < 1.29 is 4.74 Å². The molecule has 11 heavy (non-hydrogen) atoms. The van der Waals surface area contributed by atoms with Crippen molar-refractivity contribution >= 4 is 45.8 Å². The number of alkyl halides is 3. The van der Waals surface area contributed by atoms with Crippen LogP contribution >= 0.6 is 45.8 Å². The van der Waals surface area contributed by atoms with E-state index in [4.69, 9.17) is 27.9 Å². The molecule has 1 nitrogen and oxygen atoms in total. The molecule has 0 aromatic carbocycles. The van der Waals surface area contributed by atoms with Crippen LogP contribution < -0.4 is 0 Å². The summed E-state index contributed by atoms with van der Waals surface area (Å²) in [5.74, 6) is 0.220. The van der Waals surface area contributed by atoms with Gasteiger partial charge in [0.15, 0.2) is 4.33 Å². The Hall–Kier alpha value is 1.27. The molecule has 66 valence electrons. The Bertz CT molecular complexity index is 151. The molecule has 1 heterocycles. The molecule has 0 amide bonds. The fourth-order valence-electron chi connectivity index (χ4n) is 1.27. The Kier molecular flexibility index (Phi) is 3.35. The van der Waals surface area contributed by atoms with E-state index in [1.165, 1.54) is 0 Å². The third-order valence-electron chi connectivity index (χ3n) is 2.16. The van der Waals surface area contributed by atoms with Crippen molar-refractivity contribution in [2.24, 2.45) is 5.92 Å². The normalized spacial score (nSPS) is 42.8. The van der Waals surface area contributed by atoms with E-state index >= 15 is 0 Å². The number of hydrogen-bond acceptors (Lipinski definition) is 1. The van der Waals surface area contributed by atoms with Crippen LogP contribution in [0.15, 0.2) is 0 Å². The van der Waals surface area contributed by atoms with Gasteiger partial charge in [-0.05, 0) is 29.0 Å². The van der Waals surface area contributed by atoms with Gasteiger partial charge in [0, 0.05) is 5.92 Å². The van der Waals surface area contributed by atoms with E-state index in [0.29, 0.717) is 0 Å². The van der Waals surface area contributed by atoms with Gasteiger partial charge in [-0.3, -0.25) is 0 Å². The first-order valence-corrected chi connectivity index (χ1v) is 5.67. The zero-order valence-corrected chi connectivity index (χ0v) is 10.2. The minimum absolute atomic E-state index is 0.0802. The topological polar surface area (TPSA) is 9.23 Å². The number of rotatable bonds is 1. The van der Waals surface area contributed by atoms with E-state index in [9.17, 15) is 0 Å². The number of hydrogen-bond donors (Lipinski definition) is 0. The summed E-state index contributed by atoms with van der Waals surface area (Å²) in [7, 11) is 0. The number of ether oxygens (including phenoxy) is 1. The molecular formula is C7H11Cl2IO. The van der Waals surface area contributed by atoms with Gasteiger partial charge in [-0.15, -0.1) is 0 Å². The molecule has 1 aliphatic rings. The standard InChI is InChI=1S/C7H11Cl2IO/c1-3-5-4(2)7(8,9)6(10)11-5/h4-6H,3H2,1-2H3/t4-,5-,6?/m1/s1. The van der Waals surface area contributed by atoms with Crippen LogP contribution in [0.4, 0.5) is 0 Å². The van der Waals surface area contributed by atoms with E-state index in [-0.39, 0.29) is 16.1 Å². The monoisotopic (exact) mass is 308 g/mol. The van der Waals surface area contributed by atoms with Crippen molar-refractivity contribution in [3.8, 4) is 0 Å². The van der Waals surface area contributed by atoms with Crippen molar-refractivity contribution in [1.29, 1.82) is 0 Å². The van der Waals surface area contributed by atoms with Crippen LogP contribution in [-0.4, -0.2) is 14.5 Å². The predicted octanol–water partition coefficient (Wildman–Crippen LogP) is 3.37. The SMILES string of the molecule is CC[C@H]1OC(I)C(Cl)(Cl)[C@@H]1C. The van der Waals surface area contributed by atoms with Crippen molar-refractivity contribution in [1.82, 2.24) is 0 Å². The zero-order valence-electron chi connectivity index (χ0n) is 6.48. The molecule has 0 aromatic heterocycles. The largest absolute Gasteiger partial charge is 0.361 e. The zero-order chi connectivity index (χ0) is 8.65. The van der Waals surface area contributed by atoms with Gasteiger partial charge in [0.25, 0.3) is 0 Å². The highest BCUT2D eigenvalue weighted by molar-refractivity contribution is 14.1. The van der Waals surface area contributed by atoms with Gasteiger partial charge in [0.1, 0.15) is 4.11 Å². The summed E-state index contributed by atoms with van der Waals surface area (Å²) in [6.07, 6.45) is 1.19. The molecule has 0 spiro atoms. The summed E-state index contributed by atoms with van der Waals surface area (Å²) < 4.78 is 4.77. The van der Waals surface area contributed by atoms with Crippen LogP contribution in [0.25, 0.3) is 0 Å². The van der Waals surface area contributed by atoms with Crippen molar-refractivity contribution in [2.75, 3.05) is 0 Å². The molecule has 1 rings (SSSR count). The first-order chi connectivity index (χ1) is 5.00. The van der Waals surface area contributed by atoms with Gasteiger partial charge in [-0.2, -0.15) is 0 Å². The summed E-state index contributed by atoms with van der Waals surface area (Å²) in [6.45, 7) is 4.12. The molecule has 0 bridgehead atoms. The van der Waals surface area contributed by atoms with Gasteiger partial charge in [-0.25, -0.2) is 0 Å². The molecule has 1 aliphatic heterocycles. The van der Waals surface area contributed by atoms with Crippen LogP contribution in [0.3, 0.4) is 0 Å². The minimum Gasteiger partial charge on any atom is -0.361 e. The summed E-state index contributed by atoms with van der Waals surface area (Å²) in [4.78, 5) is 0. The summed E-state index contributed by atoms with van der Waals surface area (Å²) in [5.41, 5.74) is 0. The van der Waals surface area contributed by atoms with E-state index in [0.717, 1.165) is 6.42 Å². The van der Waals surface area contributed by atoms with Gasteiger partial charge < -0.3 is 4.74 Å². The second-order valence-electron chi connectivity index (χ2n) is 2.86. The Balaban J connectivity index is 2.71. The Morgan fingerprint density at radius 3 is 2.27 bits per heavy atom. The second-order valence-corrected chi connectivity index (χ2v) is 5.44. The average molecular weight is 309 g/mol. The van der Waals surface area contributed by atoms with Crippen LogP contribution in [0.5, 0.6) is 0 Å². The van der Waals surface area contributed by atoms with Crippen molar-refractivity contribution in [2.45, 2.75) is 34.8 Å². The molecule has 0 saturated carbocycles. The maximum absolute atomic E-state index is 6.07. The lowest BCUT2D eigenvalue weighted by Crippen LogP contribution is -2.27. The van der Waals surface area contributed by atoms with Crippen molar-refractivity contribution in [3.63, 3.8) is 0 Å². The maximum atomic E-state index is 6.07. The smallest absolute Gasteiger partial charge is 0.158 e. The van der Waals surface area contributed by atoms with Crippen LogP contribution in [0.2, 0.25) is 0 Å². The molecule has 4 heteroatoms. The molecule has 0 radical (unpaired) electrons. The highest BCUT2D eigenvalue weighted by atomic mass is 127. The Morgan fingerprint density at radius 2 is 2.09 bits per heavy atom. The second kappa shape index (κ2) is 3.56. The van der Waals surface area contributed by atoms with Gasteiger partial charge in [-0.1, -0.05) is 37.0 Å². The third-order valence-corrected chi connectivity index (χ3v) is 5.26. The first kappa shape index (κ1) is 10.4. The van der Waals surface area contributed by atoms with Crippen molar-refractivity contribution in [3.05, 3.63) is 0 Å². The molecule has 1 fully saturated rings. The summed E-state index contributed by atoms with van der Waals surface area (Å²) in [5, 5.41) is 0. The lowest BCUT2D eigenvalue weighted by atomic mass is 10.0. The molecule has 0 aliphatic carbocycles. The quantitative estimate of drug-likeness (QED) is 0.533. The Labute approximate surface area is 90.9 Å². The van der Waals surface area contributed by atoms with E-state index in [1.54, 1.807) is 0 Å². The van der Waals surface area contributed by atoms with Crippen LogP contribution in [0.1, 0.15) is 20.3 Å². The highest BCUT2D eigenvalue weighted by Crippen LogP contribution is 2.48.